The van der Waals surface area contributed by atoms with E-state index in [1.165, 1.54) is 18.3 Å². The minimum atomic E-state index is -4.49. The molecule has 2 aromatic heterocycles. The third kappa shape index (κ3) is 7.76. The first kappa shape index (κ1) is 35.6. The van der Waals surface area contributed by atoms with Crippen molar-refractivity contribution in [2.24, 2.45) is 7.05 Å². The molecule has 5 aromatic rings. The highest BCUT2D eigenvalue weighted by Gasteiger charge is 2.43. The summed E-state index contributed by atoms with van der Waals surface area (Å²) < 4.78 is 81.9. The Labute approximate surface area is 298 Å². The molecular weight excluding hydrogens is 745 g/mol. The highest BCUT2D eigenvalue weighted by atomic mass is 79.9. The van der Waals surface area contributed by atoms with Gasteiger partial charge in [0, 0.05) is 62.3 Å². The second-order valence-corrected chi connectivity index (χ2v) is 11.8. The molecule has 3 aromatic carbocycles. The van der Waals surface area contributed by atoms with Gasteiger partial charge in [-0.2, -0.15) is 13.2 Å². The van der Waals surface area contributed by atoms with Gasteiger partial charge in [-0.1, -0.05) is 6.07 Å². The van der Waals surface area contributed by atoms with E-state index in [1.807, 2.05) is 17.7 Å². The summed E-state index contributed by atoms with van der Waals surface area (Å²) in [6, 6.07) is 18.9. The van der Waals surface area contributed by atoms with Crippen LogP contribution >= 0.6 is 17.0 Å². The van der Waals surface area contributed by atoms with Crippen molar-refractivity contribution in [1.29, 1.82) is 0 Å². The van der Waals surface area contributed by atoms with Crippen LogP contribution in [0.5, 0.6) is 23.1 Å². The van der Waals surface area contributed by atoms with Crippen molar-refractivity contribution in [3.63, 3.8) is 0 Å². The van der Waals surface area contributed by atoms with Crippen molar-refractivity contribution >= 4 is 45.4 Å². The summed E-state index contributed by atoms with van der Waals surface area (Å²) in [4.78, 5) is 34.2. The lowest BCUT2D eigenvalue weighted by molar-refractivity contribution is -0.286. The van der Waals surface area contributed by atoms with Gasteiger partial charge in [-0.05, 0) is 72.3 Å². The van der Waals surface area contributed by atoms with Crippen molar-refractivity contribution in [3.8, 4) is 23.1 Å². The monoisotopic (exact) mass is 773 g/mol. The molecule has 0 radical (unpaired) electrons. The van der Waals surface area contributed by atoms with E-state index in [2.05, 4.69) is 24.7 Å². The third-order valence-corrected chi connectivity index (χ3v) is 8.46. The maximum absolute atomic E-state index is 13.5. The lowest BCUT2D eigenvalue weighted by Crippen LogP contribution is -2.48. The Morgan fingerprint density at radius 1 is 0.902 bits per heavy atom. The van der Waals surface area contributed by atoms with E-state index in [9.17, 15) is 31.5 Å². The highest BCUT2D eigenvalue weighted by Crippen LogP contribution is 2.41. The molecule has 16 heteroatoms. The van der Waals surface area contributed by atoms with Crippen LogP contribution in [0.3, 0.4) is 0 Å². The zero-order valence-electron chi connectivity index (χ0n) is 26.7. The Balaban J connectivity index is 0.00000448. The number of hydrogen-bond donors (Lipinski definition) is 1. The quantitative estimate of drug-likeness (QED) is 0.171. The molecule has 0 aliphatic carbocycles. The highest BCUT2D eigenvalue weighted by molar-refractivity contribution is 8.93. The van der Waals surface area contributed by atoms with E-state index in [0.717, 1.165) is 40.7 Å². The van der Waals surface area contributed by atoms with E-state index in [1.54, 1.807) is 41.3 Å². The topological polar surface area (TPSA) is 98.2 Å². The first-order valence-corrected chi connectivity index (χ1v) is 15.4. The van der Waals surface area contributed by atoms with Gasteiger partial charge in [-0.3, -0.25) is 14.5 Å². The number of piperazine rings is 1. The van der Waals surface area contributed by atoms with Crippen molar-refractivity contribution in [2.45, 2.75) is 19.0 Å². The Bertz CT molecular complexity index is 2080. The standard InChI is InChI=1S/C35H28F5N5O5.BrH/c1-43-27-9-8-26(48-31-11-7-25(19-41-31)42-32(46)22-3-5-24(6-4-22)34(36,37)38)17-23(27)18-28(43)33(47)45-14-12-44(13-15-45)20-21-2-10-29-30(16-21)50-35(39,40)49-29;/h2-11,16-19H,12-15,20H2,1H3,(H,42,46);1H. The summed E-state index contributed by atoms with van der Waals surface area (Å²) in [5, 5.41) is 3.37. The minimum Gasteiger partial charge on any atom is -0.439 e. The number of carbonyl (C=O) groups is 2. The summed E-state index contributed by atoms with van der Waals surface area (Å²) in [7, 11) is 1.81. The van der Waals surface area contributed by atoms with E-state index in [-0.39, 0.29) is 45.8 Å². The SMILES string of the molecule is Br.Cn1c(C(=O)N2CCN(Cc3ccc4c(c3)OC(F)(F)O4)CC2)cc2cc(Oc3ccc(NC(=O)c4ccc(C(F)(F)F)cc4)cn3)ccc21. The molecule has 0 saturated carbocycles. The molecule has 1 N–H and O–H groups in total. The number of nitrogens with zero attached hydrogens (tertiary/aromatic N) is 4. The Hall–Kier alpha value is -5.22. The van der Waals surface area contributed by atoms with E-state index in [0.29, 0.717) is 49.9 Å². The number of pyridine rings is 1. The number of halogens is 6. The van der Waals surface area contributed by atoms with Gasteiger partial charge >= 0.3 is 12.5 Å². The zero-order valence-corrected chi connectivity index (χ0v) is 28.5. The molecule has 2 aliphatic rings. The Morgan fingerprint density at radius 2 is 1.63 bits per heavy atom. The molecule has 0 atom stereocenters. The number of nitrogens with one attached hydrogen (secondary N) is 1. The second-order valence-electron chi connectivity index (χ2n) is 11.8. The minimum absolute atomic E-state index is 0. The van der Waals surface area contributed by atoms with Gasteiger partial charge in [0.15, 0.2) is 11.5 Å². The van der Waals surface area contributed by atoms with Crippen LogP contribution in [-0.4, -0.2) is 63.6 Å². The van der Waals surface area contributed by atoms with Gasteiger partial charge in [-0.15, -0.1) is 25.8 Å². The Kier molecular flexibility index (Phi) is 9.65. The fourth-order valence-corrected chi connectivity index (χ4v) is 5.87. The number of ether oxygens (including phenoxy) is 3. The van der Waals surface area contributed by atoms with Gasteiger partial charge in [0.1, 0.15) is 11.4 Å². The molecule has 0 bridgehead atoms. The van der Waals surface area contributed by atoms with Crippen LogP contribution in [0.1, 0.15) is 32.0 Å². The number of aryl methyl sites for hydroxylation is 1. The molecule has 51 heavy (non-hydrogen) atoms. The number of alkyl halides is 5. The van der Waals surface area contributed by atoms with Gasteiger partial charge in [0.25, 0.3) is 11.8 Å². The summed E-state index contributed by atoms with van der Waals surface area (Å²) in [6.45, 7) is 2.69. The fraction of sp³-hybridized carbons (Fsp3) is 0.229. The van der Waals surface area contributed by atoms with Gasteiger partial charge in [-0.25, -0.2) is 4.98 Å². The summed E-state index contributed by atoms with van der Waals surface area (Å²) >= 11 is 0. The van der Waals surface area contributed by atoms with E-state index < -0.39 is 23.9 Å². The van der Waals surface area contributed by atoms with E-state index in [4.69, 9.17) is 4.74 Å². The maximum atomic E-state index is 13.5. The molecule has 0 unspecified atom stereocenters. The molecule has 4 heterocycles. The lowest BCUT2D eigenvalue weighted by Gasteiger charge is -2.34. The van der Waals surface area contributed by atoms with Crippen LogP contribution in [0, 0.1) is 0 Å². The molecule has 2 amide bonds. The number of amides is 2. The van der Waals surface area contributed by atoms with Crippen LogP contribution < -0.4 is 19.5 Å². The van der Waals surface area contributed by atoms with Crippen molar-refractivity contribution < 1.29 is 45.8 Å². The number of fused-ring (bicyclic) bond motifs is 2. The van der Waals surface area contributed by atoms with Crippen LogP contribution in [0.15, 0.2) is 85.1 Å². The van der Waals surface area contributed by atoms with Crippen LogP contribution in [0.4, 0.5) is 27.6 Å². The molecular formula is C35H29BrF5N5O5. The van der Waals surface area contributed by atoms with Gasteiger partial charge in [0.05, 0.1) is 17.4 Å². The molecule has 10 nitrogen and oxygen atoms in total. The molecule has 266 valence electrons. The average Bonchev–Trinajstić information content (AvgIpc) is 3.58. The smallest absolute Gasteiger partial charge is 0.439 e. The van der Waals surface area contributed by atoms with Crippen LogP contribution in [-0.2, 0) is 19.8 Å². The van der Waals surface area contributed by atoms with Gasteiger partial charge in [0.2, 0.25) is 5.88 Å². The first-order valence-electron chi connectivity index (χ1n) is 15.4. The zero-order chi connectivity index (χ0) is 35.2. The largest absolute Gasteiger partial charge is 0.586 e. The van der Waals surface area contributed by atoms with Crippen LogP contribution in [0.25, 0.3) is 10.9 Å². The average molecular weight is 775 g/mol. The molecule has 2 aliphatic heterocycles. The molecule has 7 rings (SSSR count). The predicted octanol–water partition coefficient (Wildman–Crippen LogP) is 7.49. The third-order valence-electron chi connectivity index (χ3n) is 8.46. The summed E-state index contributed by atoms with van der Waals surface area (Å²) in [5.41, 5.74) is 1.66. The maximum Gasteiger partial charge on any atom is 0.586 e. The normalized spacial score (nSPS) is 15.4. The molecule has 1 fully saturated rings. The molecule has 0 spiro atoms. The first-order chi connectivity index (χ1) is 23.8. The second kappa shape index (κ2) is 13.8. The predicted molar refractivity (Wildman–Crippen MR) is 181 cm³/mol. The summed E-state index contributed by atoms with van der Waals surface area (Å²) in [5.74, 6) is 0.000302. The number of rotatable bonds is 7. The molecule has 1 saturated heterocycles. The number of benzene rings is 3. The lowest BCUT2D eigenvalue weighted by atomic mass is 10.1. The Morgan fingerprint density at radius 3 is 2.31 bits per heavy atom. The number of anilines is 1. The van der Waals surface area contributed by atoms with Crippen molar-refractivity contribution in [3.05, 3.63) is 107 Å². The van der Waals surface area contributed by atoms with Crippen molar-refractivity contribution in [1.82, 2.24) is 19.4 Å². The summed E-state index contributed by atoms with van der Waals surface area (Å²) in [6.07, 6.45) is -6.79. The van der Waals surface area contributed by atoms with Crippen LogP contribution in [0.2, 0.25) is 0 Å². The van der Waals surface area contributed by atoms with E-state index >= 15 is 0 Å². The number of carbonyl (C=O) groups excluding carboxylic acids is 2. The fourth-order valence-electron chi connectivity index (χ4n) is 5.87. The number of hydrogen-bond acceptors (Lipinski definition) is 7. The van der Waals surface area contributed by atoms with Crippen molar-refractivity contribution in [2.75, 3.05) is 31.5 Å². The van der Waals surface area contributed by atoms with Gasteiger partial charge < -0.3 is 29.0 Å². The number of aromatic nitrogens is 2.